The average molecular weight is 361 g/mol. The zero-order chi connectivity index (χ0) is 17.8. The Kier molecular flexibility index (Phi) is 4.91. The highest BCUT2D eigenvalue weighted by molar-refractivity contribution is 7.14. The molecule has 1 aliphatic rings. The molecule has 0 unspecified atom stereocenters. The highest BCUT2D eigenvalue weighted by Gasteiger charge is 2.19. The molecule has 0 atom stereocenters. The monoisotopic (exact) mass is 361 g/mol. The minimum absolute atomic E-state index is 0.154. The molecular formula is C15H15N5O4S. The first-order chi connectivity index (χ1) is 12.1. The molecule has 0 spiro atoms. The lowest BCUT2D eigenvalue weighted by atomic mass is 10.2. The topological polar surface area (TPSA) is 121 Å². The minimum Gasteiger partial charge on any atom is -0.450 e. The molecular weight excluding hydrogens is 346 g/mol. The van der Waals surface area contributed by atoms with E-state index in [0.717, 1.165) is 5.56 Å². The van der Waals surface area contributed by atoms with Gasteiger partial charge >= 0.3 is 6.09 Å². The SMILES string of the molecule is CCOC(=O)NC(=O)c1ccsc1NC(=O)c1cnc2c(c1)CNN2. The van der Waals surface area contributed by atoms with E-state index in [0.29, 0.717) is 22.9 Å². The number of hydrogen-bond acceptors (Lipinski definition) is 8. The van der Waals surface area contributed by atoms with Crippen LogP contribution in [-0.4, -0.2) is 29.5 Å². The molecule has 9 nitrogen and oxygen atoms in total. The number of carbonyl (C=O) groups is 3. The molecule has 2 aromatic rings. The number of hydrazine groups is 1. The number of alkyl carbamates (subject to hydrolysis) is 1. The fraction of sp³-hybridized carbons (Fsp3) is 0.200. The summed E-state index contributed by atoms with van der Waals surface area (Å²) in [7, 11) is 0. The Labute approximate surface area is 146 Å². The average Bonchev–Trinajstić information content (AvgIpc) is 3.22. The largest absolute Gasteiger partial charge is 0.450 e. The molecule has 130 valence electrons. The van der Waals surface area contributed by atoms with E-state index in [-0.39, 0.29) is 12.2 Å². The molecule has 0 aromatic carbocycles. The summed E-state index contributed by atoms with van der Waals surface area (Å²) in [4.78, 5) is 40.0. The van der Waals surface area contributed by atoms with Crippen LogP contribution in [0, 0.1) is 0 Å². The summed E-state index contributed by atoms with van der Waals surface area (Å²) in [6.07, 6.45) is 0.610. The summed E-state index contributed by atoms with van der Waals surface area (Å²) in [6, 6.07) is 3.24. The maximum absolute atomic E-state index is 12.4. The van der Waals surface area contributed by atoms with Crippen LogP contribution in [0.1, 0.15) is 33.2 Å². The number of nitrogens with one attached hydrogen (secondary N) is 4. The van der Waals surface area contributed by atoms with Crippen molar-refractivity contribution in [2.45, 2.75) is 13.5 Å². The molecule has 1 aliphatic heterocycles. The lowest BCUT2D eigenvalue weighted by Gasteiger charge is -2.07. The van der Waals surface area contributed by atoms with Crippen LogP contribution in [0.4, 0.5) is 15.6 Å². The minimum atomic E-state index is -0.834. The molecule has 0 fully saturated rings. The Balaban J connectivity index is 1.71. The summed E-state index contributed by atoms with van der Waals surface area (Å²) in [5.74, 6) is -0.354. The molecule has 0 radical (unpaired) electrons. The molecule has 0 aliphatic carbocycles. The van der Waals surface area contributed by atoms with Crippen molar-refractivity contribution in [1.82, 2.24) is 15.7 Å². The number of imide groups is 1. The smallest absolute Gasteiger partial charge is 0.414 e. The maximum Gasteiger partial charge on any atom is 0.414 e. The second kappa shape index (κ2) is 7.28. The van der Waals surface area contributed by atoms with Gasteiger partial charge in [0.1, 0.15) is 10.8 Å². The number of pyridine rings is 1. The van der Waals surface area contributed by atoms with Crippen LogP contribution in [0.25, 0.3) is 0 Å². The third-order valence-electron chi connectivity index (χ3n) is 3.34. The number of fused-ring (bicyclic) bond motifs is 1. The van der Waals surface area contributed by atoms with E-state index in [1.54, 1.807) is 18.4 Å². The number of hydrogen-bond donors (Lipinski definition) is 4. The number of aromatic nitrogens is 1. The molecule has 0 bridgehead atoms. The molecule has 0 saturated heterocycles. The second-order valence-corrected chi connectivity index (χ2v) is 5.92. The Bertz CT molecular complexity index is 835. The number of anilines is 2. The summed E-state index contributed by atoms with van der Waals surface area (Å²) >= 11 is 1.18. The predicted molar refractivity (Wildman–Crippen MR) is 91.5 cm³/mol. The number of ether oxygens (including phenoxy) is 1. The Hall–Kier alpha value is -2.98. The normalized spacial score (nSPS) is 12.0. The van der Waals surface area contributed by atoms with Crippen LogP contribution in [0.15, 0.2) is 23.7 Å². The van der Waals surface area contributed by atoms with Gasteiger partial charge in [-0.05, 0) is 24.4 Å². The zero-order valence-corrected chi connectivity index (χ0v) is 14.0. The van der Waals surface area contributed by atoms with Crippen molar-refractivity contribution < 1.29 is 19.1 Å². The molecule has 0 saturated carbocycles. The van der Waals surface area contributed by atoms with Gasteiger partial charge < -0.3 is 15.5 Å². The highest BCUT2D eigenvalue weighted by atomic mass is 32.1. The van der Waals surface area contributed by atoms with Crippen LogP contribution < -0.4 is 21.5 Å². The van der Waals surface area contributed by atoms with E-state index in [1.807, 2.05) is 0 Å². The van der Waals surface area contributed by atoms with Crippen molar-refractivity contribution in [3.8, 4) is 0 Å². The second-order valence-electron chi connectivity index (χ2n) is 5.00. The summed E-state index contributed by atoms with van der Waals surface area (Å²) in [5.41, 5.74) is 7.22. The Morgan fingerprint density at radius 3 is 3.00 bits per heavy atom. The Morgan fingerprint density at radius 1 is 1.36 bits per heavy atom. The predicted octanol–water partition coefficient (Wildman–Crippen LogP) is 1.71. The molecule has 25 heavy (non-hydrogen) atoms. The molecule has 3 heterocycles. The van der Waals surface area contributed by atoms with Gasteiger partial charge in [0.15, 0.2) is 0 Å². The lowest BCUT2D eigenvalue weighted by Crippen LogP contribution is -2.31. The lowest BCUT2D eigenvalue weighted by molar-refractivity contribution is 0.0926. The van der Waals surface area contributed by atoms with E-state index in [1.165, 1.54) is 23.6 Å². The van der Waals surface area contributed by atoms with Gasteiger partial charge in [-0.25, -0.2) is 15.2 Å². The van der Waals surface area contributed by atoms with Crippen molar-refractivity contribution in [2.75, 3.05) is 17.3 Å². The van der Waals surface area contributed by atoms with E-state index < -0.39 is 17.9 Å². The van der Waals surface area contributed by atoms with E-state index in [2.05, 4.69) is 31.2 Å². The fourth-order valence-electron chi connectivity index (χ4n) is 2.19. The van der Waals surface area contributed by atoms with E-state index in [4.69, 9.17) is 0 Å². The maximum atomic E-state index is 12.4. The van der Waals surface area contributed by atoms with Gasteiger partial charge in [-0.15, -0.1) is 11.3 Å². The van der Waals surface area contributed by atoms with Gasteiger partial charge in [-0.1, -0.05) is 0 Å². The van der Waals surface area contributed by atoms with Crippen molar-refractivity contribution in [1.29, 1.82) is 0 Å². The van der Waals surface area contributed by atoms with Gasteiger partial charge in [0, 0.05) is 18.3 Å². The quantitative estimate of drug-likeness (QED) is 0.654. The van der Waals surface area contributed by atoms with Crippen LogP contribution in [-0.2, 0) is 11.3 Å². The van der Waals surface area contributed by atoms with Crippen LogP contribution in [0.2, 0.25) is 0 Å². The summed E-state index contributed by atoms with van der Waals surface area (Å²) < 4.78 is 4.67. The van der Waals surface area contributed by atoms with Crippen molar-refractivity contribution in [3.63, 3.8) is 0 Å². The van der Waals surface area contributed by atoms with Crippen molar-refractivity contribution >= 4 is 40.1 Å². The number of amides is 3. The zero-order valence-electron chi connectivity index (χ0n) is 13.2. The van der Waals surface area contributed by atoms with Crippen molar-refractivity contribution in [2.24, 2.45) is 0 Å². The standard InChI is InChI=1S/C15H15N5O4S/c1-2-24-15(23)19-13(22)10-3-4-25-14(10)18-12(21)9-5-8-7-17-20-11(8)16-6-9/h3-6,17H,2,7H2,1H3,(H,16,20)(H,18,21)(H,19,22,23). The van der Waals surface area contributed by atoms with Gasteiger partial charge in [-0.3, -0.25) is 14.9 Å². The third kappa shape index (κ3) is 3.75. The molecule has 10 heteroatoms. The first kappa shape index (κ1) is 16.9. The first-order valence-corrected chi connectivity index (χ1v) is 8.31. The van der Waals surface area contributed by atoms with Crippen molar-refractivity contribution in [3.05, 3.63) is 40.4 Å². The molecule has 4 N–H and O–H groups in total. The number of carbonyl (C=O) groups excluding carboxylic acids is 3. The fourth-order valence-corrected chi connectivity index (χ4v) is 2.97. The van der Waals surface area contributed by atoms with Gasteiger partial charge in [-0.2, -0.15) is 0 Å². The highest BCUT2D eigenvalue weighted by Crippen LogP contribution is 2.25. The van der Waals surface area contributed by atoms with Gasteiger partial charge in [0.05, 0.1) is 17.7 Å². The van der Waals surface area contributed by atoms with E-state index in [9.17, 15) is 14.4 Å². The molecule has 3 rings (SSSR count). The van der Waals surface area contributed by atoms with Crippen LogP contribution in [0.5, 0.6) is 0 Å². The summed E-state index contributed by atoms with van der Waals surface area (Å²) in [6.45, 7) is 2.35. The van der Waals surface area contributed by atoms with Crippen LogP contribution in [0.3, 0.4) is 0 Å². The number of thiophene rings is 1. The third-order valence-corrected chi connectivity index (χ3v) is 4.17. The van der Waals surface area contributed by atoms with Crippen LogP contribution >= 0.6 is 11.3 Å². The first-order valence-electron chi connectivity index (χ1n) is 7.43. The molecule has 2 aromatic heterocycles. The number of rotatable bonds is 4. The number of nitrogens with zero attached hydrogens (tertiary/aromatic N) is 1. The summed E-state index contributed by atoms with van der Waals surface area (Å²) in [5, 5.41) is 6.75. The van der Waals surface area contributed by atoms with Gasteiger partial charge in [0.2, 0.25) is 0 Å². The van der Waals surface area contributed by atoms with Gasteiger partial charge in [0.25, 0.3) is 11.8 Å². The van der Waals surface area contributed by atoms with E-state index >= 15 is 0 Å². The molecule has 3 amide bonds. The Morgan fingerprint density at radius 2 is 2.20 bits per heavy atom.